The van der Waals surface area contributed by atoms with Crippen molar-refractivity contribution in [2.45, 2.75) is 18.9 Å². The van der Waals surface area contributed by atoms with E-state index in [9.17, 15) is 0 Å². The second kappa shape index (κ2) is 7.42. The van der Waals surface area contributed by atoms with Crippen molar-refractivity contribution in [1.29, 1.82) is 0 Å². The normalized spacial score (nSPS) is 17.0. The first-order valence-electron chi connectivity index (χ1n) is 8.25. The monoisotopic (exact) mass is 321 g/mol. The predicted octanol–water partition coefficient (Wildman–Crippen LogP) is 3.67. The topological polar surface area (TPSA) is 21.7 Å². The number of methoxy groups -OCH3 is 2. The fourth-order valence-corrected chi connectivity index (χ4v) is 3.47. The molecule has 0 aromatic heterocycles. The van der Waals surface area contributed by atoms with E-state index in [4.69, 9.17) is 15.9 Å². The Morgan fingerprint density at radius 3 is 2.50 bits per heavy atom. The number of rotatable bonds is 5. The van der Waals surface area contributed by atoms with Gasteiger partial charge in [0.1, 0.15) is 0 Å². The highest BCUT2D eigenvalue weighted by atomic mass is 16.5. The molecule has 0 saturated carbocycles. The van der Waals surface area contributed by atoms with Crippen LogP contribution in [0.5, 0.6) is 11.5 Å². The lowest BCUT2D eigenvalue weighted by Crippen LogP contribution is -2.36. The molecule has 24 heavy (non-hydrogen) atoms. The second-order valence-electron chi connectivity index (χ2n) is 5.96. The molecule has 0 aliphatic carbocycles. The summed E-state index contributed by atoms with van der Waals surface area (Å²) in [5, 5.41) is 0. The third-order valence-corrected chi connectivity index (χ3v) is 4.63. The van der Waals surface area contributed by atoms with E-state index in [2.05, 4.69) is 47.2 Å². The van der Waals surface area contributed by atoms with Crippen LogP contribution in [-0.2, 0) is 6.42 Å². The summed E-state index contributed by atoms with van der Waals surface area (Å²) in [5.41, 5.74) is 3.88. The van der Waals surface area contributed by atoms with Crippen LogP contribution in [0.3, 0.4) is 0 Å². The minimum atomic E-state index is 0.197. The third-order valence-electron chi connectivity index (χ3n) is 4.63. The summed E-state index contributed by atoms with van der Waals surface area (Å²) < 4.78 is 11.0. The van der Waals surface area contributed by atoms with Gasteiger partial charge < -0.3 is 9.47 Å². The molecule has 1 heterocycles. The van der Waals surface area contributed by atoms with Crippen molar-refractivity contribution in [3.05, 3.63) is 59.2 Å². The fourth-order valence-electron chi connectivity index (χ4n) is 3.47. The molecule has 0 bridgehead atoms. The molecule has 0 saturated heterocycles. The van der Waals surface area contributed by atoms with Gasteiger partial charge in [0, 0.05) is 19.5 Å². The Morgan fingerprint density at radius 1 is 1.12 bits per heavy atom. The van der Waals surface area contributed by atoms with Crippen molar-refractivity contribution in [3.8, 4) is 23.8 Å². The lowest BCUT2D eigenvalue weighted by atomic mass is 9.87. The summed E-state index contributed by atoms with van der Waals surface area (Å²) >= 11 is 0. The molecule has 0 fully saturated rings. The van der Waals surface area contributed by atoms with Crippen LogP contribution in [0.2, 0.25) is 0 Å². The van der Waals surface area contributed by atoms with Crippen LogP contribution in [0.1, 0.15) is 29.2 Å². The number of fused-ring (bicyclic) bond motifs is 1. The second-order valence-corrected chi connectivity index (χ2v) is 5.96. The summed E-state index contributed by atoms with van der Waals surface area (Å²) in [7, 11) is 3.36. The third kappa shape index (κ3) is 3.11. The van der Waals surface area contributed by atoms with Crippen molar-refractivity contribution < 1.29 is 9.47 Å². The number of nitrogens with zero attached hydrogens (tertiary/aromatic N) is 1. The Bertz CT molecular complexity index is 733. The average Bonchev–Trinajstić information content (AvgIpc) is 2.65. The number of ether oxygens (including phenoxy) is 2. The zero-order valence-electron chi connectivity index (χ0n) is 14.3. The van der Waals surface area contributed by atoms with E-state index >= 15 is 0 Å². The molecule has 3 heteroatoms. The molecule has 124 valence electrons. The van der Waals surface area contributed by atoms with Gasteiger partial charge in [0.2, 0.25) is 0 Å². The van der Waals surface area contributed by atoms with Crippen molar-refractivity contribution in [1.82, 2.24) is 4.90 Å². The van der Waals surface area contributed by atoms with Crippen LogP contribution in [-0.4, -0.2) is 32.2 Å². The highest BCUT2D eigenvalue weighted by Crippen LogP contribution is 2.40. The quantitative estimate of drug-likeness (QED) is 0.784. The van der Waals surface area contributed by atoms with E-state index in [1.54, 1.807) is 14.2 Å². The molecule has 1 unspecified atom stereocenters. The van der Waals surface area contributed by atoms with Gasteiger partial charge in [-0.2, -0.15) is 0 Å². The van der Waals surface area contributed by atoms with Crippen molar-refractivity contribution in [2.75, 3.05) is 27.3 Å². The standard InChI is InChI=1S/C21H23NO2/c1-4-5-12-22-13-11-17-14-19(23-2)20(24-3)15-18(17)21(22)16-9-7-6-8-10-16/h1,6-10,14-15,21H,5,11-13H2,2-3H3. The first-order valence-corrected chi connectivity index (χ1v) is 8.25. The number of terminal acetylenes is 1. The summed E-state index contributed by atoms with van der Waals surface area (Å²) in [5.74, 6) is 4.33. The molecule has 2 aromatic rings. The molecule has 1 aliphatic heterocycles. The molecule has 0 spiro atoms. The van der Waals surface area contributed by atoms with Gasteiger partial charge in [-0.05, 0) is 35.2 Å². The van der Waals surface area contributed by atoms with E-state index in [0.717, 1.165) is 37.4 Å². The van der Waals surface area contributed by atoms with Gasteiger partial charge >= 0.3 is 0 Å². The van der Waals surface area contributed by atoms with E-state index in [-0.39, 0.29) is 6.04 Å². The molecular weight excluding hydrogens is 298 g/mol. The molecule has 0 radical (unpaired) electrons. The lowest BCUT2D eigenvalue weighted by molar-refractivity contribution is 0.217. The lowest BCUT2D eigenvalue weighted by Gasteiger charge is -2.38. The van der Waals surface area contributed by atoms with Crippen LogP contribution >= 0.6 is 0 Å². The van der Waals surface area contributed by atoms with Gasteiger partial charge in [0.05, 0.1) is 20.3 Å². The minimum Gasteiger partial charge on any atom is -0.493 e. The molecular formula is C21H23NO2. The largest absolute Gasteiger partial charge is 0.493 e. The number of hydrogen-bond donors (Lipinski definition) is 0. The van der Waals surface area contributed by atoms with E-state index in [0.29, 0.717) is 0 Å². The Balaban J connectivity index is 2.09. The minimum absolute atomic E-state index is 0.197. The maximum Gasteiger partial charge on any atom is 0.161 e. The average molecular weight is 321 g/mol. The van der Waals surface area contributed by atoms with Gasteiger partial charge in [0.15, 0.2) is 11.5 Å². The van der Waals surface area contributed by atoms with Gasteiger partial charge in [-0.15, -0.1) is 12.3 Å². The van der Waals surface area contributed by atoms with Gasteiger partial charge in [0.25, 0.3) is 0 Å². The van der Waals surface area contributed by atoms with Crippen LogP contribution < -0.4 is 9.47 Å². The van der Waals surface area contributed by atoms with Crippen LogP contribution in [0.15, 0.2) is 42.5 Å². The summed E-state index contributed by atoms with van der Waals surface area (Å²) in [4.78, 5) is 2.46. The Morgan fingerprint density at radius 2 is 1.83 bits per heavy atom. The molecule has 3 rings (SSSR count). The summed E-state index contributed by atoms with van der Waals surface area (Å²) in [6, 6.07) is 15.0. The highest BCUT2D eigenvalue weighted by Gasteiger charge is 2.29. The molecule has 0 amide bonds. The van der Waals surface area contributed by atoms with Crippen LogP contribution in [0, 0.1) is 12.3 Å². The SMILES string of the molecule is C#CCCN1CCc2cc(OC)c(OC)cc2C1c1ccccc1. The molecule has 1 atom stereocenters. The van der Waals surface area contributed by atoms with Gasteiger partial charge in [-0.25, -0.2) is 0 Å². The van der Waals surface area contributed by atoms with Crippen LogP contribution in [0.25, 0.3) is 0 Å². The number of benzene rings is 2. The van der Waals surface area contributed by atoms with Crippen molar-refractivity contribution in [2.24, 2.45) is 0 Å². The number of hydrogen-bond acceptors (Lipinski definition) is 3. The molecule has 2 aromatic carbocycles. The van der Waals surface area contributed by atoms with Crippen molar-refractivity contribution in [3.63, 3.8) is 0 Å². The maximum atomic E-state index is 5.53. The summed E-state index contributed by atoms with van der Waals surface area (Å²) in [6.07, 6.45) is 7.24. The fraction of sp³-hybridized carbons (Fsp3) is 0.333. The molecule has 1 aliphatic rings. The van der Waals surface area contributed by atoms with E-state index < -0.39 is 0 Å². The van der Waals surface area contributed by atoms with E-state index in [1.807, 2.05) is 6.07 Å². The Kier molecular flexibility index (Phi) is 5.08. The molecule has 0 N–H and O–H groups in total. The van der Waals surface area contributed by atoms with Crippen molar-refractivity contribution >= 4 is 0 Å². The zero-order chi connectivity index (χ0) is 16.9. The first-order chi connectivity index (χ1) is 11.8. The Hall–Kier alpha value is -2.44. The van der Waals surface area contributed by atoms with Gasteiger partial charge in [-0.3, -0.25) is 4.90 Å². The zero-order valence-corrected chi connectivity index (χ0v) is 14.3. The predicted molar refractivity (Wildman–Crippen MR) is 96.6 cm³/mol. The molecule has 3 nitrogen and oxygen atoms in total. The van der Waals surface area contributed by atoms with Gasteiger partial charge in [-0.1, -0.05) is 30.3 Å². The summed E-state index contributed by atoms with van der Waals surface area (Å²) in [6.45, 7) is 1.88. The highest BCUT2D eigenvalue weighted by molar-refractivity contribution is 5.51. The van der Waals surface area contributed by atoms with E-state index in [1.165, 1.54) is 16.7 Å². The first kappa shape index (κ1) is 16.4. The Labute approximate surface area is 144 Å². The van der Waals surface area contributed by atoms with Crippen LogP contribution in [0.4, 0.5) is 0 Å². The smallest absolute Gasteiger partial charge is 0.161 e. The maximum absolute atomic E-state index is 5.53.